The van der Waals surface area contributed by atoms with Crippen LogP contribution in [0.5, 0.6) is 0 Å². The summed E-state index contributed by atoms with van der Waals surface area (Å²) in [5.74, 6) is -1.15. The second kappa shape index (κ2) is 5.93. The number of nitrogens with two attached hydrogens (primary N) is 1. The third-order valence-corrected chi connectivity index (χ3v) is 2.87. The fourth-order valence-corrected chi connectivity index (χ4v) is 2.14. The van der Waals surface area contributed by atoms with E-state index in [1.165, 1.54) is 0 Å². The molecule has 0 aliphatic heterocycles. The van der Waals surface area contributed by atoms with Gasteiger partial charge in [0.1, 0.15) is 6.61 Å². The number of rotatable bonds is 7. The van der Waals surface area contributed by atoms with Crippen LogP contribution in [0.25, 0.3) is 0 Å². The highest BCUT2D eigenvalue weighted by Gasteiger charge is 2.44. The monoisotopic (exact) mass is 305 g/mol. The van der Waals surface area contributed by atoms with E-state index in [4.69, 9.17) is 5.73 Å². The fraction of sp³-hybridized carbons (Fsp3) is 0.857. The van der Waals surface area contributed by atoms with Crippen molar-refractivity contribution in [2.24, 2.45) is 5.73 Å². The van der Waals surface area contributed by atoms with Crippen LogP contribution < -0.4 is 5.73 Å². The second-order valence-corrected chi connectivity index (χ2v) is 6.66. The SMILES string of the molecule is COC(=O)C(CN)(COS(C)(=O)=O)OS(C)(=O)=O. The summed E-state index contributed by atoms with van der Waals surface area (Å²) in [6.45, 7) is -1.54. The van der Waals surface area contributed by atoms with Gasteiger partial charge in [-0.15, -0.1) is 0 Å². The summed E-state index contributed by atoms with van der Waals surface area (Å²) >= 11 is 0. The van der Waals surface area contributed by atoms with E-state index in [0.717, 1.165) is 13.4 Å². The van der Waals surface area contributed by atoms with Crippen molar-refractivity contribution in [1.29, 1.82) is 0 Å². The first-order valence-corrected chi connectivity index (χ1v) is 8.12. The van der Waals surface area contributed by atoms with E-state index in [0.29, 0.717) is 6.26 Å². The van der Waals surface area contributed by atoms with Crippen LogP contribution in [-0.2, 0) is 38.1 Å². The van der Waals surface area contributed by atoms with E-state index in [9.17, 15) is 21.6 Å². The summed E-state index contributed by atoms with van der Waals surface area (Å²) < 4.78 is 57.0. The molecular formula is C7H15NO8S2. The molecule has 0 aromatic carbocycles. The van der Waals surface area contributed by atoms with Crippen molar-refractivity contribution < 1.29 is 34.7 Å². The van der Waals surface area contributed by atoms with Crippen LogP contribution in [0, 0.1) is 0 Å². The Labute approximate surface area is 105 Å². The van der Waals surface area contributed by atoms with Gasteiger partial charge in [-0.1, -0.05) is 0 Å². The van der Waals surface area contributed by atoms with Crippen molar-refractivity contribution in [1.82, 2.24) is 0 Å². The van der Waals surface area contributed by atoms with Crippen molar-refractivity contribution in [2.45, 2.75) is 5.60 Å². The minimum atomic E-state index is -4.07. The quantitative estimate of drug-likeness (QED) is 0.410. The van der Waals surface area contributed by atoms with Crippen molar-refractivity contribution in [3.8, 4) is 0 Å². The Morgan fingerprint density at radius 3 is 1.94 bits per heavy atom. The van der Waals surface area contributed by atoms with Gasteiger partial charge in [-0.2, -0.15) is 16.8 Å². The summed E-state index contributed by atoms with van der Waals surface area (Å²) in [7, 11) is -7.00. The van der Waals surface area contributed by atoms with Crippen molar-refractivity contribution in [3.63, 3.8) is 0 Å². The van der Waals surface area contributed by atoms with E-state index >= 15 is 0 Å². The molecule has 2 N–H and O–H groups in total. The van der Waals surface area contributed by atoms with Crippen LogP contribution >= 0.6 is 0 Å². The smallest absolute Gasteiger partial charge is 0.343 e. The van der Waals surface area contributed by atoms with E-state index < -0.39 is 45.0 Å². The molecule has 0 aliphatic rings. The minimum Gasteiger partial charge on any atom is -0.467 e. The number of methoxy groups -OCH3 is 1. The van der Waals surface area contributed by atoms with Gasteiger partial charge in [-0.3, -0.25) is 4.18 Å². The standard InChI is InChI=1S/C7H15NO8S2/c1-14-6(9)7(4-8,16-18(3,12)13)5-15-17(2,10)11/h4-5,8H2,1-3H3. The van der Waals surface area contributed by atoms with Crippen LogP contribution in [0.1, 0.15) is 0 Å². The molecule has 0 aromatic heterocycles. The summed E-state index contributed by atoms with van der Waals surface area (Å²) in [5.41, 5.74) is 3.02. The molecule has 0 rings (SSSR count). The van der Waals surface area contributed by atoms with Crippen LogP contribution in [0.15, 0.2) is 0 Å². The first-order chi connectivity index (χ1) is 7.96. The Balaban J connectivity index is 5.31. The van der Waals surface area contributed by atoms with E-state index in [-0.39, 0.29) is 0 Å². The zero-order chi connectivity index (χ0) is 14.6. The maximum Gasteiger partial charge on any atom is 0.343 e. The van der Waals surface area contributed by atoms with Gasteiger partial charge in [0, 0.05) is 6.54 Å². The van der Waals surface area contributed by atoms with Crippen LogP contribution in [0.4, 0.5) is 0 Å². The molecule has 0 spiro atoms. The number of carbonyl (C=O) groups excluding carboxylic acids is 1. The highest BCUT2D eigenvalue weighted by molar-refractivity contribution is 7.86. The summed E-state index contributed by atoms with van der Waals surface area (Å²) in [6.07, 6.45) is 1.41. The Hall–Kier alpha value is -0.750. The molecule has 0 heterocycles. The zero-order valence-electron chi connectivity index (χ0n) is 10.1. The topological polar surface area (TPSA) is 139 Å². The van der Waals surface area contributed by atoms with Crippen LogP contribution in [0.3, 0.4) is 0 Å². The Bertz CT molecular complexity index is 496. The number of carbonyl (C=O) groups is 1. The summed E-state index contributed by atoms with van der Waals surface area (Å²) in [6, 6.07) is 0. The van der Waals surface area contributed by atoms with E-state index in [2.05, 4.69) is 13.1 Å². The number of hydrogen-bond donors (Lipinski definition) is 1. The maximum atomic E-state index is 11.5. The predicted molar refractivity (Wildman–Crippen MR) is 60.5 cm³/mol. The zero-order valence-corrected chi connectivity index (χ0v) is 11.7. The molecule has 18 heavy (non-hydrogen) atoms. The predicted octanol–water partition coefficient (Wildman–Crippen LogP) is -2.19. The van der Waals surface area contributed by atoms with Crippen molar-refractivity contribution in [3.05, 3.63) is 0 Å². The fourth-order valence-electron chi connectivity index (χ4n) is 0.971. The number of hydrogen-bond acceptors (Lipinski definition) is 9. The van der Waals surface area contributed by atoms with Crippen molar-refractivity contribution in [2.75, 3.05) is 32.8 Å². The third-order valence-electron chi connectivity index (χ3n) is 1.70. The molecule has 1 unspecified atom stereocenters. The van der Waals surface area contributed by atoms with Crippen molar-refractivity contribution >= 4 is 26.2 Å². The molecule has 0 bridgehead atoms. The molecule has 11 heteroatoms. The minimum absolute atomic E-state index is 0.637. The van der Waals surface area contributed by atoms with E-state index in [1.54, 1.807) is 0 Å². The first-order valence-electron chi connectivity index (χ1n) is 4.49. The first kappa shape index (κ1) is 17.2. The molecular weight excluding hydrogens is 290 g/mol. The Morgan fingerprint density at radius 2 is 1.67 bits per heavy atom. The molecule has 0 saturated heterocycles. The summed E-state index contributed by atoms with van der Waals surface area (Å²) in [5, 5.41) is 0. The van der Waals surface area contributed by atoms with Gasteiger partial charge >= 0.3 is 5.97 Å². The van der Waals surface area contributed by atoms with Gasteiger partial charge in [0.05, 0.1) is 19.6 Å². The lowest BCUT2D eigenvalue weighted by Gasteiger charge is -2.27. The van der Waals surface area contributed by atoms with E-state index in [1.807, 2.05) is 0 Å². The third kappa shape index (κ3) is 5.73. The van der Waals surface area contributed by atoms with Gasteiger partial charge in [-0.25, -0.2) is 8.98 Å². The summed E-state index contributed by atoms with van der Waals surface area (Å²) in [4.78, 5) is 11.5. The lowest BCUT2D eigenvalue weighted by Crippen LogP contribution is -2.54. The molecule has 0 radical (unpaired) electrons. The molecule has 1 atom stereocenters. The highest BCUT2D eigenvalue weighted by Crippen LogP contribution is 2.17. The molecule has 0 saturated carbocycles. The van der Waals surface area contributed by atoms with Gasteiger partial charge in [0.25, 0.3) is 20.2 Å². The molecule has 0 fully saturated rings. The number of esters is 1. The molecule has 0 aliphatic carbocycles. The second-order valence-electron chi connectivity index (χ2n) is 3.44. The average molecular weight is 305 g/mol. The van der Waals surface area contributed by atoms with Gasteiger partial charge in [0.2, 0.25) is 5.60 Å². The Morgan fingerprint density at radius 1 is 1.17 bits per heavy atom. The molecule has 0 aromatic rings. The largest absolute Gasteiger partial charge is 0.467 e. The maximum absolute atomic E-state index is 11.5. The van der Waals surface area contributed by atoms with Crippen LogP contribution in [0.2, 0.25) is 0 Å². The average Bonchev–Trinajstić information content (AvgIpc) is 2.20. The Kier molecular flexibility index (Phi) is 5.68. The van der Waals surface area contributed by atoms with Crippen LogP contribution in [-0.4, -0.2) is 61.2 Å². The normalized spacial score (nSPS) is 16.0. The molecule has 108 valence electrons. The highest BCUT2D eigenvalue weighted by atomic mass is 32.2. The van der Waals surface area contributed by atoms with Gasteiger partial charge in [-0.05, 0) is 0 Å². The lowest BCUT2D eigenvalue weighted by molar-refractivity contribution is -0.160. The molecule has 9 nitrogen and oxygen atoms in total. The molecule has 0 amide bonds. The number of ether oxygens (including phenoxy) is 1. The van der Waals surface area contributed by atoms with Gasteiger partial charge in [0.15, 0.2) is 0 Å². The van der Waals surface area contributed by atoms with Gasteiger partial charge < -0.3 is 10.5 Å². The lowest BCUT2D eigenvalue weighted by atomic mass is 10.1.